The van der Waals surface area contributed by atoms with E-state index in [1.807, 2.05) is 18.2 Å². The van der Waals surface area contributed by atoms with Crippen LogP contribution in [0.4, 0.5) is 5.69 Å². The molecule has 0 unspecified atom stereocenters. The average molecular weight is 244 g/mol. The van der Waals surface area contributed by atoms with Gasteiger partial charge < -0.3 is 10.1 Å². The van der Waals surface area contributed by atoms with Crippen molar-refractivity contribution in [2.24, 2.45) is 0 Å². The number of anilines is 1. The Morgan fingerprint density at radius 3 is 3.06 bits per heavy atom. The summed E-state index contributed by atoms with van der Waals surface area (Å²) in [5, 5.41) is 11.3. The van der Waals surface area contributed by atoms with Crippen molar-refractivity contribution in [1.29, 1.82) is 5.26 Å². The molecule has 1 aliphatic rings. The first-order valence-electron chi connectivity index (χ1n) is 6.22. The Balaban J connectivity index is 1.87. The fourth-order valence-corrected chi connectivity index (χ4v) is 1.95. The number of carbonyl (C=O) groups is 1. The number of fused-ring (bicyclic) bond motifs is 1. The fraction of sp³-hybridized carbons (Fsp3) is 0.429. The van der Waals surface area contributed by atoms with E-state index >= 15 is 0 Å². The molecule has 1 N–H and O–H groups in total. The van der Waals surface area contributed by atoms with Crippen molar-refractivity contribution in [2.75, 3.05) is 11.9 Å². The van der Waals surface area contributed by atoms with Crippen LogP contribution < -0.4 is 10.1 Å². The number of hydrogen-bond acceptors (Lipinski definition) is 3. The third-order valence-corrected chi connectivity index (χ3v) is 2.92. The quantitative estimate of drug-likeness (QED) is 0.810. The Hall–Kier alpha value is -2.02. The van der Waals surface area contributed by atoms with E-state index in [9.17, 15) is 4.79 Å². The van der Waals surface area contributed by atoms with Crippen LogP contribution in [0.3, 0.4) is 0 Å². The van der Waals surface area contributed by atoms with Crippen LogP contribution in [-0.2, 0) is 11.2 Å². The van der Waals surface area contributed by atoms with Crippen molar-refractivity contribution in [1.82, 2.24) is 0 Å². The minimum atomic E-state index is 0.0765. The van der Waals surface area contributed by atoms with Gasteiger partial charge in [0.1, 0.15) is 5.75 Å². The highest BCUT2D eigenvalue weighted by Gasteiger charge is 2.14. The Morgan fingerprint density at radius 2 is 2.22 bits per heavy atom. The van der Waals surface area contributed by atoms with Crippen molar-refractivity contribution >= 4 is 11.6 Å². The summed E-state index contributed by atoms with van der Waals surface area (Å²) < 4.78 is 5.62. The Kier molecular flexibility index (Phi) is 4.19. The summed E-state index contributed by atoms with van der Waals surface area (Å²) in [7, 11) is 0. The van der Waals surface area contributed by atoms with E-state index in [2.05, 4.69) is 11.4 Å². The number of nitrogens with one attached hydrogen (secondary N) is 1. The molecule has 4 heteroatoms. The molecule has 0 saturated heterocycles. The molecule has 4 nitrogen and oxygen atoms in total. The summed E-state index contributed by atoms with van der Waals surface area (Å²) in [6, 6.07) is 7.86. The van der Waals surface area contributed by atoms with Crippen LogP contribution in [-0.4, -0.2) is 12.5 Å². The summed E-state index contributed by atoms with van der Waals surface area (Å²) in [5.41, 5.74) is 2.02. The molecule has 18 heavy (non-hydrogen) atoms. The zero-order valence-corrected chi connectivity index (χ0v) is 10.2. The molecule has 1 aromatic rings. The smallest absolute Gasteiger partial charge is 0.224 e. The minimum Gasteiger partial charge on any atom is -0.494 e. The molecular formula is C14H16N2O2. The van der Waals surface area contributed by atoms with Crippen LogP contribution in [0.15, 0.2) is 18.2 Å². The van der Waals surface area contributed by atoms with E-state index < -0.39 is 0 Å². The number of nitrogens with zero attached hydrogens (tertiary/aromatic N) is 1. The molecule has 2 rings (SSSR count). The highest BCUT2D eigenvalue weighted by atomic mass is 16.5. The first kappa shape index (κ1) is 12.4. The van der Waals surface area contributed by atoms with Crippen molar-refractivity contribution in [2.45, 2.75) is 32.1 Å². The van der Waals surface area contributed by atoms with Gasteiger partial charge in [0, 0.05) is 18.5 Å². The molecule has 0 aromatic heterocycles. The molecule has 0 saturated carbocycles. The van der Waals surface area contributed by atoms with Crippen LogP contribution in [0.1, 0.15) is 31.2 Å². The lowest BCUT2D eigenvalue weighted by atomic mass is 10.0. The zero-order valence-electron chi connectivity index (χ0n) is 10.2. The minimum absolute atomic E-state index is 0.0765. The van der Waals surface area contributed by atoms with Gasteiger partial charge in [-0.15, -0.1) is 0 Å². The van der Waals surface area contributed by atoms with Gasteiger partial charge in [0.2, 0.25) is 5.91 Å². The normalized spacial score (nSPS) is 13.4. The summed E-state index contributed by atoms with van der Waals surface area (Å²) in [5.74, 6) is 0.912. The number of nitriles is 1. The largest absolute Gasteiger partial charge is 0.494 e. The molecule has 1 aliphatic heterocycles. The van der Waals surface area contributed by atoms with Gasteiger partial charge in [0.05, 0.1) is 12.7 Å². The second-order valence-corrected chi connectivity index (χ2v) is 4.33. The highest BCUT2D eigenvalue weighted by molar-refractivity contribution is 5.93. The maximum atomic E-state index is 11.2. The van der Waals surface area contributed by atoms with Gasteiger partial charge in [0.25, 0.3) is 0 Å². The van der Waals surface area contributed by atoms with Gasteiger partial charge in [-0.25, -0.2) is 0 Å². The van der Waals surface area contributed by atoms with E-state index in [1.165, 1.54) is 0 Å². The summed E-state index contributed by atoms with van der Waals surface area (Å²) in [6.07, 6.45) is 3.66. The molecule has 0 spiro atoms. The molecule has 1 aromatic carbocycles. The number of amides is 1. The molecule has 0 bridgehead atoms. The summed E-state index contributed by atoms with van der Waals surface area (Å²) in [6.45, 7) is 0.632. The lowest BCUT2D eigenvalue weighted by Crippen LogP contribution is -2.18. The number of carbonyl (C=O) groups excluding carboxylic acids is 1. The lowest BCUT2D eigenvalue weighted by molar-refractivity contribution is -0.116. The Morgan fingerprint density at radius 1 is 1.33 bits per heavy atom. The van der Waals surface area contributed by atoms with E-state index in [0.717, 1.165) is 36.3 Å². The SMILES string of the molecule is N#CCCCCOc1ccc2c(c1)CCC(=O)N2. The number of rotatable bonds is 5. The molecule has 0 atom stereocenters. The second-order valence-electron chi connectivity index (χ2n) is 4.33. The van der Waals surface area contributed by atoms with E-state index in [0.29, 0.717) is 19.4 Å². The van der Waals surface area contributed by atoms with Crippen molar-refractivity contribution in [3.05, 3.63) is 23.8 Å². The maximum Gasteiger partial charge on any atom is 0.224 e. The Bertz CT molecular complexity index is 477. The topological polar surface area (TPSA) is 62.1 Å². The third kappa shape index (κ3) is 3.24. The third-order valence-electron chi connectivity index (χ3n) is 2.92. The number of ether oxygens (including phenoxy) is 1. The highest BCUT2D eigenvalue weighted by Crippen LogP contribution is 2.26. The van der Waals surface area contributed by atoms with Gasteiger partial charge in [-0.1, -0.05) is 0 Å². The van der Waals surface area contributed by atoms with Crippen LogP contribution >= 0.6 is 0 Å². The van der Waals surface area contributed by atoms with E-state index in [4.69, 9.17) is 10.00 Å². The van der Waals surface area contributed by atoms with Gasteiger partial charge in [-0.3, -0.25) is 4.79 Å². The first-order valence-corrected chi connectivity index (χ1v) is 6.22. The van der Waals surface area contributed by atoms with Gasteiger partial charge in [-0.2, -0.15) is 5.26 Å². The number of hydrogen-bond donors (Lipinski definition) is 1. The van der Waals surface area contributed by atoms with Gasteiger partial charge >= 0.3 is 0 Å². The molecule has 1 heterocycles. The lowest BCUT2D eigenvalue weighted by Gasteiger charge is -2.17. The van der Waals surface area contributed by atoms with Crippen LogP contribution in [0.2, 0.25) is 0 Å². The number of unbranched alkanes of at least 4 members (excludes halogenated alkanes) is 2. The van der Waals surface area contributed by atoms with E-state index in [1.54, 1.807) is 0 Å². The molecule has 94 valence electrons. The van der Waals surface area contributed by atoms with Crippen molar-refractivity contribution in [3.63, 3.8) is 0 Å². The molecule has 0 fully saturated rings. The summed E-state index contributed by atoms with van der Waals surface area (Å²) in [4.78, 5) is 11.2. The molecule has 0 aliphatic carbocycles. The fourth-order valence-electron chi connectivity index (χ4n) is 1.95. The zero-order chi connectivity index (χ0) is 12.8. The van der Waals surface area contributed by atoms with Gasteiger partial charge in [0.15, 0.2) is 0 Å². The van der Waals surface area contributed by atoms with Crippen LogP contribution in [0.25, 0.3) is 0 Å². The standard InChI is InChI=1S/C14H16N2O2/c15-8-2-1-3-9-18-12-5-6-13-11(10-12)4-7-14(17)16-13/h5-6,10H,1-4,7,9H2,(H,16,17). The van der Waals surface area contributed by atoms with Crippen LogP contribution in [0, 0.1) is 11.3 Å². The second kappa shape index (κ2) is 6.06. The average Bonchev–Trinajstić information content (AvgIpc) is 2.38. The monoisotopic (exact) mass is 244 g/mol. The molecule has 1 amide bonds. The Labute approximate surface area is 107 Å². The number of aryl methyl sites for hydroxylation is 1. The van der Waals surface area contributed by atoms with Crippen molar-refractivity contribution in [3.8, 4) is 11.8 Å². The molecule has 0 radical (unpaired) electrons. The van der Waals surface area contributed by atoms with Crippen molar-refractivity contribution < 1.29 is 9.53 Å². The first-order chi connectivity index (χ1) is 8.79. The maximum absolute atomic E-state index is 11.2. The van der Waals surface area contributed by atoms with Crippen LogP contribution in [0.5, 0.6) is 5.75 Å². The molecular weight excluding hydrogens is 228 g/mol. The van der Waals surface area contributed by atoms with E-state index in [-0.39, 0.29) is 5.91 Å². The predicted molar refractivity (Wildman–Crippen MR) is 68.4 cm³/mol. The predicted octanol–water partition coefficient (Wildman–Crippen LogP) is 2.64. The van der Waals surface area contributed by atoms with Gasteiger partial charge in [-0.05, 0) is 43.0 Å². The summed E-state index contributed by atoms with van der Waals surface area (Å²) >= 11 is 0. The number of benzene rings is 1.